The van der Waals surface area contributed by atoms with Crippen LogP contribution in [0.4, 0.5) is 0 Å². The van der Waals surface area contributed by atoms with E-state index in [1.165, 1.54) is 19.3 Å². The molecule has 0 spiro atoms. The summed E-state index contributed by atoms with van der Waals surface area (Å²) in [5.74, 6) is 0.476. The van der Waals surface area contributed by atoms with Crippen molar-refractivity contribution in [2.75, 3.05) is 6.54 Å². The summed E-state index contributed by atoms with van der Waals surface area (Å²) in [7, 11) is 0. The van der Waals surface area contributed by atoms with E-state index in [0.717, 1.165) is 25.3 Å². The minimum absolute atomic E-state index is 0.0798. The van der Waals surface area contributed by atoms with E-state index in [4.69, 9.17) is 0 Å². The van der Waals surface area contributed by atoms with Gasteiger partial charge in [-0.2, -0.15) is 0 Å². The van der Waals surface area contributed by atoms with Gasteiger partial charge in [-0.1, -0.05) is 26.2 Å². The van der Waals surface area contributed by atoms with Crippen molar-refractivity contribution < 1.29 is 14.7 Å². The third-order valence-electron chi connectivity index (χ3n) is 4.90. The molecule has 19 heavy (non-hydrogen) atoms. The minimum atomic E-state index is -0.797. The van der Waals surface area contributed by atoms with Crippen LogP contribution in [0.15, 0.2) is 0 Å². The Balaban J connectivity index is 1.78. The van der Waals surface area contributed by atoms with E-state index in [2.05, 4.69) is 12.2 Å². The molecule has 0 aliphatic heterocycles. The summed E-state index contributed by atoms with van der Waals surface area (Å²) in [4.78, 5) is 23.4. The lowest BCUT2D eigenvalue weighted by molar-refractivity contribution is -0.151. The van der Waals surface area contributed by atoms with E-state index >= 15 is 0 Å². The Hall–Kier alpha value is -1.06. The molecule has 1 amide bonds. The molecule has 4 heteroatoms. The Bertz CT molecular complexity index is 347. The second-order valence-corrected chi connectivity index (χ2v) is 6.56. The maximum atomic E-state index is 12.0. The molecule has 2 N–H and O–H groups in total. The molecule has 0 aromatic carbocycles. The zero-order chi connectivity index (χ0) is 13.9. The van der Waals surface area contributed by atoms with Crippen LogP contribution in [0.3, 0.4) is 0 Å². The first-order valence-electron chi connectivity index (χ1n) is 7.52. The van der Waals surface area contributed by atoms with E-state index in [0.29, 0.717) is 18.8 Å². The molecule has 0 heterocycles. The van der Waals surface area contributed by atoms with Gasteiger partial charge >= 0.3 is 5.97 Å². The first-order chi connectivity index (χ1) is 9.02. The fourth-order valence-corrected chi connectivity index (χ4v) is 3.66. The molecular weight excluding hydrogens is 242 g/mol. The lowest BCUT2D eigenvalue weighted by Gasteiger charge is -2.23. The van der Waals surface area contributed by atoms with Crippen molar-refractivity contribution in [2.24, 2.45) is 17.3 Å². The molecule has 2 fully saturated rings. The summed E-state index contributed by atoms with van der Waals surface area (Å²) in [5.41, 5.74) is -0.785. The normalized spacial score (nSPS) is 29.3. The maximum absolute atomic E-state index is 12.0. The fraction of sp³-hybridized carbons (Fsp3) is 0.867. The molecule has 2 unspecified atom stereocenters. The third-order valence-corrected chi connectivity index (χ3v) is 4.90. The highest BCUT2D eigenvalue weighted by molar-refractivity contribution is 5.85. The Morgan fingerprint density at radius 2 is 1.95 bits per heavy atom. The molecule has 0 bridgehead atoms. The SMILES string of the molecule is CC1CCC(CNC(=O)CC2(C(=O)O)CCCC2)C1. The quantitative estimate of drug-likeness (QED) is 0.804. The molecule has 2 aliphatic carbocycles. The lowest BCUT2D eigenvalue weighted by atomic mass is 9.82. The molecule has 2 aliphatic rings. The highest BCUT2D eigenvalue weighted by Crippen LogP contribution is 2.41. The smallest absolute Gasteiger partial charge is 0.310 e. The molecule has 108 valence electrons. The Kier molecular flexibility index (Phi) is 4.48. The van der Waals surface area contributed by atoms with E-state index in [1.807, 2.05) is 0 Å². The third kappa shape index (κ3) is 3.48. The minimum Gasteiger partial charge on any atom is -0.481 e. The Morgan fingerprint density at radius 1 is 1.26 bits per heavy atom. The summed E-state index contributed by atoms with van der Waals surface area (Å²) in [6.07, 6.45) is 6.94. The number of carbonyl (C=O) groups excluding carboxylic acids is 1. The standard InChI is InChI=1S/C15H25NO3/c1-11-4-5-12(8-11)10-16-13(17)9-15(14(18)19)6-2-3-7-15/h11-12H,2-10H2,1H3,(H,16,17)(H,18,19). The number of aliphatic carboxylic acids is 1. The number of carboxylic acid groups (broad SMARTS) is 1. The van der Waals surface area contributed by atoms with Crippen molar-refractivity contribution in [3.05, 3.63) is 0 Å². The van der Waals surface area contributed by atoms with Gasteiger partial charge in [-0.15, -0.1) is 0 Å². The zero-order valence-corrected chi connectivity index (χ0v) is 11.8. The average Bonchev–Trinajstić information content (AvgIpc) is 2.97. The van der Waals surface area contributed by atoms with E-state index < -0.39 is 11.4 Å². The van der Waals surface area contributed by atoms with Crippen molar-refractivity contribution in [3.8, 4) is 0 Å². The van der Waals surface area contributed by atoms with E-state index in [-0.39, 0.29) is 12.3 Å². The summed E-state index contributed by atoms with van der Waals surface area (Å²) in [6, 6.07) is 0. The van der Waals surface area contributed by atoms with Gasteiger partial charge in [0.25, 0.3) is 0 Å². The number of nitrogens with one attached hydrogen (secondary N) is 1. The van der Waals surface area contributed by atoms with Crippen LogP contribution in [0.1, 0.15) is 58.3 Å². The van der Waals surface area contributed by atoms with Gasteiger partial charge in [0.2, 0.25) is 5.91 Å². The molecular formula is C15H25NO3. The Labute approximate surface area is 115 Å². The van der Waals surface area contributed by atoms with Gasteiger partial charge in [0.05, 0.1) is 5.41 Å². The van der Waals surface area contributed by atoms with Crippen molar-refractivity contribution in [1.82, 2.24) is 5.32 Å². The van der Waals surface area contributed by atoms with Crippen LogP contribution >= 0.6 is 0 Å². The van der Waals surface area contributed by atoms with Gasteiger partial charge in [0.15, 0.2) is 0 Å². The van der Waals surface area contributed by atoms with Gasteiger partial charge in [-0.3, -0.25) is 9.59 Å². The number of carbonyl (C=O) groups is 2. The first kappa shape index (κ1) is 14.4. The lowest BCUT2D eigenvalue weighted by Crippen LogP contribution is -2.37. The van der Waals surface area contributed by atoms with Gasteiger partial charge in [0, 0.05) is 13.0 Å². The number of hydrogen-bond acceptors (Lipinski definition) is 2. The predicted octanol–water partition coefficient (Wildman–Crippen LogP) is 2.57. The molecule has 0 radical (unpaired) electrons. The van der Waals surface area contributed by atoms with Crippen molar-refractivity contribution in [1.29, 1.82) is 0 Å². The zero-order valence-electron chi connectivity index (χ0n) is 11.8. The van der Waals surface area contributed by atoms with Crippen molar-refractivity contribution >= 4 is 11.9 Å². The maximum Gasteiger partial charge on any atom is 0.310 e. The van der Waals surface area contributed by atoms with Crippen LogP contribution in [0.2, 0.25) is 0 Å². The van der Waals surface area contributed by atoms with Crippen LogP contribution in [0.5, 0.6) is 0 Å². The summed E-state index contributed by atoms with van der Waals surface area (Å²) < 4.78 is 0. The molecule has 2 atom stereocenters. The first-order valence-corrected chi connectivity index (χ1v) is 7.52. The molecule has 0 saturated heterocycles. The van der Waals surface area contributed by atoms with E-state index in [9.17, 15) is 14.7 Å². The summed E-state index contributed by atoms with van der Waals surface area (Å²) in [6.45, 7) is 2.97. The number of carboxylic acids is 1. The fourth-order valence-electron chi connectivity index (χ4n) is 3.66. The second kappa shape index (κ2) is 5.93. The van der Waals surface area contributed by atoms with Crippen LogP contribution in [0, 0.1) is 17.3 Å². The van der Waals surface area contributed by atoms with Crippen molar-refractivity contribution in [2.45, 2.75) is 58.3 Å². The van der Waals surface area contributed by atoms with Crippen LogP contribution < -0.4 is 5.32 Å². The van der Waals surface area contributed by atoms with E-state index in [1.54, 1.807) is 0 Å². The number of rotatable bonds is 5. The monoisotopic (exact) mass is 267 g/mol. The molecule has 0 aromatic rings. The number of amides is 1. The topological polar surface area (TPSA) is 66.4 Å². The molecule has 0 aromatic heterocycles. The summed E-state index contributed by atoms with van der Waals surface area (Å²) >= 11 is 0. The molecule has 2 saturated carbocycles. The average molecular weight is 267 g/mol. The predicted molar refractivity (Wildman–Crippen MR) is 72.7 cm³/mol. The van der Waals surface area contributed by atoms with Crippen LogP contribution in [0.25, 0.3) is 0 Å². The van der Waals surface area contributed by atoms with Crippen LogP contribution in [-0.4, -0.2) is 23.5 Å². The van der Waals surface area contributed by atoms with Gasteiger partial charge in [-0.25, -0.2) is 0 Å². The number of hydrogen-bond donors (Lipinski definition) is 2. The van der Waals surface area contributed by atoms with Gasteiger partial charge in [0.1, 0.15) is 0 Å². The van der Waals surface area contributed by atoms with Gasteiger partial charge in [-0.05, 0) is 37.5 Å². The summed E-state index contributed by atoms with van der Waals surface area (Å²) in [5, 5.41) is 12.3. The largest absolute Gasteiger partial charge is 0.481 e. The Morgan fingerprint density at radius 3 is 2.47 bits per heavy atom. The van der Waals surface area contributed by atoms with Gasteiger partial charge < -0.3 is 10.4 Å². The van der Waals surface area contributed by atoms with Crippen molar-refractivity contribution in [3.63, 3.8) is 0 Å². The van der Waals surface area contributed by atoms with Crippen LogP contribution in [-0.2, 0) is 9.59 Å². The highest BCUT2D eigenvalue weighted by Gasteiger charge is 2.42. The second-order valence-electron chi connectivity index (χ2n) is 6.56. The molecule has 2 rings (SSSR count). The molecule has 4 nitrogen and oxygen atoms in total. The highest BCUT2D eigenvalue weighted by atomic mass is 16.4.